The van der Waals surface area contributed by atoms with Gasteiger partial charge in [-0.1, -0.05) is 13.8 Å². The van der Waals surface area contributed by atoms with Gasteiger partial charge in [-0.2, -0.15) is 0 Å². The molecule has 2 heterocycles. The van der Waals surface area contributed by atoms with Gasteiger partial charge in [0.15, 0.2) is 0 Å². The number of hydrogen-bond donors (Lipinski definition) is 0. The fourth-order valence-electron chi connectivity index (χ4n) is 5.75. The molecule has 8 atom stereocenters. The maximum Gasteiger partial charge on any atom is 0.347 e. The van der Waals surface area contributed by atoms with Gasteiger partial charge in [-0.05, 0) is 49.4 Å². The van der Waals surface area contributed by atoms with Crippen LogP contribution in [-0.4, -0.2) is 36.9 Å². The molecule has 4 aliphatic rings. The molecule has 0 spiro atoms. The second-order valence-electron chi connectivity index (χ2n) is 7.57. The molecule has 5 heteroatoms. The molecule has 5 nitrogen and oxygen atoms in total. The molecule has 128 valence electrons. The summed E-state index contributed by atoms with van der Waals surface area (Å²) in [5.41, 5.74) is 0. The molecule has 2 bridgehead atoms. The predicted molar refractivity (Wildman–Crippen MR) is 81.4 cm³/mol. The Morgan fingerprint density at radius 3 is 2.57 bits per heavy atom. The first-order valence-corrected chi connectivity index (χ1v) is 9.16. The predicted octanol–water partition coefficient (Wildman–Crippen LogP) is 2.32. The first kappa shape index (κ1) is 15.4. The lowest BCUT2D eigenvalue weighted by Gasteiger charge is -2.32. The molecule has 23 heavy (non-hydrogen) atoms. The van der Waals surface area contributed by atoms with Crippen LogP contribution in [0.25, 0.3) is 0 Å². The summed E-state index contributed by atoms with van der Waals surface area (Å²) in [6.07, 6.45) is 4.57. The van der Waals surface area contributed by atoms with Gasteiger partial charge in [0.05, 0.1) is 24.7 Å². The highest BCUT2D eigenvalue weighted by atomic mass is 16.6. The van der Waals surface area contributed by atoms with Crippen LogP contribution < -0.4 is 0 Å². The number of carbonyl (C=O) groups is 2. The van der Waals surface area contributed by atoms with E-state index >= 15 is 0 Å². The molecular weight excluding hydrogens is 296 g/mol. The van der Waals surface area contributed by atoms with Crippen LogP contribution in [0.4, 0.5) is 0 Å². The zero-order chi connectivity index (χ0) is 16.1. The van der Waals surface area contributed by atoms with Crippen molar-refractivity contribution >= 4 is 11.9 Å². The van der Waals surface area contributed by atoms with Gasteiger partial charge in [-0.15, -0.1) is 0 Å². The van der Waals surface area contributed by atoms with E-state index in [0.717, 1.165) is 25.7 Å². The normalized spacial score (nSPS) is 47.7. The van der Waals surface area contributed by atoms with Crippen LogP contribution in [0.2, 0.25) is 0 Å². The summed E-state index contributed by atoms with van der Waals surface area (Å²) in [6.45, 7) is 4.74. The third-order valence-electron chi connectivity index (χ3n) is 6.59. The van der Waals surface area contributed by atoms with Crippen molar-refractivity contribution < 1.29 is 23.8 Å². The molecule has 0 N–H and O–H groups in total. The van der Waals surface area contributed by atoms with Crippen LogP contribution >= 0.6 is 0 Å². The molecule has 8 unspecified atom stereocenters. The van der Waals surface area contributed by atoms with Crippen molar-refractivity contribution in [2.45, 2.75) is 64.3 Å². The van der Waals surface area contributed by atoms with Gasteiger partial charge in [-0.3, -0.25) is 4.79 Å². The van der Waals surface area contributed by atoms with Crippen LogP contribution in [0.1, 0.15) is 46.0 Å². The van der Waals surface area contributed by atoms with Gasteiger partial charge in [0, 0.05) is 6.42 Å². The largest absolute Gasteiger partial charge is 0.463 e. The molecule has 0 amide bonds. The maximum atomic E-state index is 12.6. The number of fused-ring (bicyclic) bond motifs is 5. The number of hydrogen-bond acceptors (Lipinski definition) is 5. The Balaban J connectivity index is 1.47. The fraction of sp³-hybridized carbons (Fsp3) is 0.889. The minimum absolute atomic E-state index is 0.0529. The third-order valence-corrected chi connectivity index (χ3v) is 6.59. The van der Waals surface area contributed by atoms with Crippen LogP contribution in [0.5, 0.6) is 0 Å². The minimum atomic E-state index is -0.678. The molecule has 2 saturated carbocycles. The Labute approximate surface area is 137 Å². The molecule has 4 rings (SSSR count). The summed E-state index contributed by atoms with van der Waals surface area (Å²) in [5, 5.41) is 0. The molecule has 4 fully saturated rings. The number of cyclic esters (lactones) is 1. The van der Waals surface area contributed by atoms with Crippen LogP contribution in [0, 0.1) is 29.6 Å². The highest BCUT2D eigenvalue weighted by molar-refractivity contribution is 5.81. The van der Waals surface area contributed by atoms with Crippen molar-refractivity contribution in [3.8, 4) is 0 Å². The van der Waals surface area contributed by atoms with Gasteiger partial charge < -0.3 is 14.2 Å². The highest BCUT2D eigenvalue weighted by Gasteiger charge is 2.62. The number of rotatable bonds is 4. The summed E-state index contributed by atoms with van der Waals surface area (Å²) >= 11 is 0. The average molecular weight is 322 g/mol. The van der Waals surface area contributed by atoms with E-state index < -0.39 is 6.10 Å². The Morgan fingerprint density at radius 2 is 1.91 bits per heavy atom. The van der Waals surface area contributed by atoms with E-state index in [2.05, 4.69) is 13.8 Å². The Kier molecular flexibility index (Phi) is 3.87. The topological polar surface area (TPSA) is 61.8 Å². The monoisotopic (exact) mass is 322 g/mol. The lowest BCUT2D eigenvalue weighted by molar-refractivity contribution is -0.165. The van der Waals surface area contributed by atoms with Crippen molar-refractivity contribution in [1.29, 1.82) is 0 Å². The number of carbonyl (C=O) groups excluding carboxylic acids is 2. The molecule has 0 aromatic carbocycles. The van der Waals surface area contributed by atoms with Gasteiger partial charge in [-0.25, -0.2) is 4.79 Å². The van der Waals surface area contributed by atoms with E-state index in [4.69, 9.17) is 14.2 Å². The average Bonchev–Trinajstić information content (AvgIpc) is 3.28. The molecule has 0 aromatic heterocycles. The third kappa shape index (κ3) is 2.31. The summed E-state index contributed by atoms with van der Waals surface area (Å²) in [4.78, 5) is 24.1. The molecule has 0 aromatic rings. The van der Waals surface area contributed by atoms with Crippen molar-refractivity contribution in [2.24, 2.45) is 29.6 Å². The van der Waals surface area contributed by atoms with Crippen LogP contribution in [0.3, 0.4) is 0 Å². The zero-order valence-corrected chi connectivity index (χ0v) is 13.9. The van der Waals surface area contributed by atoms with E-state index in [1.807, 2.05) is 0 Å². The molecule has 2 aliphatic carbocycles. The number of ether oxygens (including phenoxy) is 3. The Hall–Kier alpha value is -1.10. The summed E-state index contributed by atoms with van der Waals surface area (Å²) in [5.74, 6) is 1.45. The molecule has 0 radical (unpaired) electrons. The molecule has 2 saturated heterocycles. The van der Waals surface area contributed by atoms with Crippen LogP contribution in [0.15, 0.2) is 0 Å². The van der Waals surface area contributed by atoms with Crippen molar-refractivity contribution in [3.63, 3.8) is 0 Å². The molecular formula is C18H26O5. The highest BCUT2D eigenvalue weighted by Crippen LogP contribution is 2.62. The van der Waals surface area contributed by atoms with Gasteiger partial charge in [0.2, 0.25) is 6.10 Å². The van der Waals surface area contributed by atoms with E-state index in [1.54, 1.807) is 0 Å². The van der Waals surface area contributed by atoms with E-state index in [1.165, 1.54) is 0 Å². The standard InChI is InChI=1S/C18H26O5/c1-3-12-15-9-7-10(16(15)13(4-2)22-12)11(8-9)17(19)23-14-5-6-21-18(14)20/h9-16H,3-8H2,1-2H3. The maximum absolute atomic E-state index is 12.6. The Bertz CT molecular complexity index is 504. The van der Waals surface area contributed by atoms with Crippen molar-refractivity contribution in [2.75, 3.05) is 6.61 Å². The van der Waals surface area contributed by atoms with E-state index in [9.17, 15) is 9.59 Å². The molecule has 2 aliphatic heterocycles. The first-order valence-electron chi connectivity index (χ1n) is 9.16. The van der Waals surface area contributed by atoms with Crippen molar-refractivity contribution in [3.05, 3.63) is 0 Å². The van der Waals surface area contributed by atoms with Crippen molar-refractivity contribution in [1.82, 2.24) is 0 Å². The second-order valence-corrected chi connectivity index (χ2v) is 7.57. The fourth-order valence-corrected chi connectivity index (χ4v) is 5.75. The summed E-state index contributed by atoms with van der Waals surface area (Å²) < 4.78 is 16.6. The quantitative estimate of drug-likeness (QED) is 0.743. The Morgan fingerprint density at radius 1 is 1.17 bits per heavy atom. The first-order chi connectivity index (χ1) is 11.1. The smallest absolute Gasteiger partial charge is 0.347 e. The lowest BCUT2D eigenvalue weighted by atomic mass is 9.70. The minimum Gasteiger partial charge on any atom is -0.463 e. The summed E-state index contributed by atoms with van der Waals surface area (Å²) in [6, 6.07) is 0. The van der Waals surface area contributed by atoms with Gasteiger partial charge >= 0.3 is 11.9 Å². The summed E-state index contributed by atoms with van der Waals surface area (Å²) in [7, 11) is 0. The van der Waals surface area contributed by atoms with Gasteiger partial charge in [0.25, 0.3) is 0 Å². The van der Waals surface area contributed by atoms with Crippen LogP contribution in [-0.2, 0) is 23.8 Å². The SMILES string of the molecule is CCC1OC(CC)C2C3CC(CC3C(=O)OC3CCOC3=O)C12. The van der Waals surface area contributed by atoms with Gasteiger partial charge in [0.1, 0.15) is 0 Å². The van der Waals surface area contributed by atoms with E-state index in [-0.39, 0.29) is 24.0 Å². The lowest BCUT2D eigenvalue weighted by Crippen LogP contribution is -2.38. The van der Waals surface area contributed by atoms with E-state index in [0.29, 0.717) is 42.8 Å². The second kappa shape index (κ2) is 5.76. The zero-order valence-electron chi connectivity index (χ0n) is 13.9. The number of esters is 2.